The van der Waals surface area contributed by atoms with Crippen molar-refractivity contribution in [2.24, 2.45) is 11.1 Å². The normalized spacial score (nSPS) is 42.1. The van der Waals surface area contributed by atoms with E-state index in [1.807, 2.05) is 0 Å². The Kier molecular flexibility index (Phi) is 2.83. The van der Waals surface area contributed by atoms with Gasteiger partial charge in [0.15, 0.2) is 17.0 Å². The van der Waals surface area contributed by atoms with Crippen LogP contribution in [0.3, 0.4) is 0 Å². The molecule has 4 atom stereocenters. The molecule has 0 aromatic carbocycles. The number of ketones is 2. The molecule has 1 saturated carbocycles. The molecule has 1 amide bonds. The number of Topliss-reactive ketones (excluding diaryl/α,β-unsaturated/α-hetero) is 2. The van der Waals surface area contributed by atoms with Crippen molar-refractivity contribution in [2.75, 3.05) is 6.54 Å². The quantitative estimate of drug-likeness (QED) is 0.418. The molecule has 3 fully saturated rings. The number of carbonyl (C=O) groups is 3. The van der Waals surface area contributed by atoms with E-state index in [1.165, 1.54) is 11.8 Å². The topological polar surface area (TPSA) is 80.5 Å². The molecule has 19 heavy (non-hydrogen) atoms. The van der Waals surface area contributed by atoms with E-state index in [0.717, 1.165) is 0 Å². The van der Waals surface area contributed by atoms with Gasteiger partial charge in [-0.15, -0.1) is 18.3 Å². The van der Waals surface area contributed by atoms with Crippen LogP contribution in [-0.2, 0) is 14.4 Å². The second-order valence-corrected chi connectivity index (χ2v) is 6.64. The van der Waals surface area contributed by atoms with E-state index >= 15 is 0 Å². The van der Waals surface area contributed by atoms with E-state index in [9.17, 15) is 14.4 Å². The van der Waals surface area contributed by atoms with Crippen LogP contribution in [0, 0.1) is 5.41 Å². The number of thioether (sulfide) groups is 1. The summed E-state index contributed by atoms with van der Waals surface area (Å²) in [6.07, 6.45) is 3.11. The highest BCUT2D eigenvalue weighted by Crippen LogP contribution is 2.54. The molecular formula is C13H16N2O3S. The van der Waals surface area contributed by atoms with Crippen LogP contribution in [0.2, 0.25) is 0 Å². The number of fused-ring (bicyclic) bond motifs is 2. The molecule has 0 aromatic heterocycles. The molecular weight excluding hydrogens is 264 g/mol. The summed E-state index contributed by atoms with van der Waals surface area (Å²) in [5.41, 5.74) is 4.35. The minimum atomic E-state index is -1.49. The van der Waals surface area contributed by atoms with Crippen molar-refractivity contribution in [1.82, 2.24) is 4.90 Å². The second-order valence-electron chi connectivity index (χ2n) is 5.31. The van der Waals surface area contributed by atoms with Crippen LogP contribution in [0.15, 0.2) is 12.7 Å². The Hall–Kier alpha value is -1.14. The Morgan fingerprint density at radius 1 is 1.42 bits per heavy atom. The maximum absolute atomic E-state index is 12.5. The van der Waals surface area contributed by atoms with Crippen molar-refractivity contribution in [3.05, 3.63) is 12.7 Å². The number of rotatable bonds is 1. The largest absolute Gasteiger partial charge is 0.326 e. The predicted molar refractivity (Wildman–Crippen MR) is 71.4 cm³/mol. The molecule has 6 heteroatoms. The minimum absolute atomic E-state index is 0.0911. The summed E-state index contributed by atoms with van der Waals surface area (Å²) in [5.74, 6) is -0.964. The van der Waals surface area contributed by atoms with Crippen LogP contribution >= 0.6 is 11.8 Å². The highest BCUT2D eigenvalue weighted by atomic mass is 32.2. The zero-order valence-corrected chi connectivity index (χ0v) is 11.3. The van der Waals surface area contributed by atoms with Gasteiger partial charge in [-0.05, 0) is 12.8 Å². The number of nitrogens with two attached hydrogens (primary N) is 1. The summed E-state index contributed by atoms with van der Waals surface area (Å²) >= 11 is 1.48. The molecule has 5 nitrogen and oxygen atoms in total. The maximum atomic E-state index is 12.5. The standard InChI is InChI=1S/C13H16N2O3S/c1-2-7-6-15-11(18)13(12(15)19-7)9(16)5-3-4-8(14)10(13)17/h2,7-8,12H,1,3-6,14H2/t7?,8?,12-,13?/m0/s1. The molecule has 1 aliphatic carbocycles. The molecule has 3 unspecified atom stereocenters. The van der Waals surface area contributed by atoms with Gasteiger partial charge >= 0.3 is 0 Å². The van der Waals surface area contributed by atoms with Crippen LogP contribution in [-0.4, -0.2) is 45.6 Å². The highest BCUT2D eigenvalue weighted by molar-refractivity contribution is 8.01. The fourth-order valence-corrected chi connectivity index (χ4v) is 4.79. The molecule has 0 bridgehead atoms. The molecule has 3 rings (SSSR count). The van der Waals surface area contributed by atoms with Gasteiger partial charge in [0.1, 0.15) is 5.37 Å². The van der Waals surface area contributed by atoms with Gasteiger partial charge in [0.25, 0.3) is 0 Å². The van der Waals surface area contributed by atoms with Crippen molar-refractivity contribution >= 4 is 29.2 Å². The summed E-state index contributed by atoms with van der Waals surface area (Å²) < 4.78 is 0. The fraction of sp³-hybridized carbons (Fsp3) is 0.615. The fourth-order valence-electron chi connectivity index (χ4n) is 3.22. The van der Waals surface area contributed by atoms with E-state index in [2.05, 4.69) is 6.58 Å². The van der Waals surface area contributed by atoms with E-state index in [-0.39, 0.29) is 34.5 Å². The lowest BCUT2D eigenvalue weighted by molar-refractivity contribution is -0.172. The van der Waals surface area contributed by atoms with Crippen LogP contribution in [0.1, 0.15) is 19.3 Å². The Bertz CT molecular complexity index is 492. The van der Waals surface area contributed by atoms with Gasteiger partial charge in [-0.2, -0.15) is 0 Å². The number of carbonyl (C=O) groups excluding carboxylic acids is 3. The van der Waals surface area contributed by atoms with Gasteiger partial charge in [-0.25, -0.2) is 0 Å². The Morgan fingerprint density at radius 2 is 2.16 bits per heavy atom. The first-order chi connectivity index (χ1) is 9.03. The SMILES string of the molecule is C=CC1CN2C(=O)C3(C(=O)CCCC(N)C3=O)[C@@H]2S1. The van der Waals surface area contributed by atoms with Crippen LogP contribution in [0.5, 0.6) is 0 Å². The van der Waals surface area contributed by atoms with Crippen LogP contribution in [0.25, 0.3) is 0 Å². The minimum Gasteiger partial charge on any atom is -0.326 e. The lowest BCUT2D eigenvalue weighted by atomic mass is 9.69. The summed E-state index contributed by atoms with van der Waals surface area (Å²) in [6, 6.07) is -0.694. The molecule has 0 aromatic rings. The maximum Gasteiger partial charge on any atom is 0.248 e. The lowest BCUT2D eigenvalue weighted by Crippen LogP contribution is -2.73. The molecule has 1 spiro atoms. The van der Waals surface area contributed by atoms with E-state index in [0.29, 0.717) is 19.4 Å². The van der Waals surface area contributed by atoms with E-state index < -0.39 is 11.5 Å². The molecule has 2 heterocycles. The van der Waals surface area contributed by atoms with Gasteiger partial charge in [-0.1, -0.05) is 6.08 Å². The van der Waals surface area contributed by atoms with E-state index in [4.69, 9.17) is 5.73 Å². The number of hydrogen-bond acceptors (Lipinski definition) is 5. The highest BCUT2D eigenvalue weighted by Gasteiger charge is 2.72. The molecule has 2 aliphatic heterocycles. The smallest absolute Gasteiger partial charge is 0.248 e. The molecule has 2 N–H and O–H groups in total. The number of nitrogens with zero attached hydrogens (tertiary/aromatic N) is 1. The zero-order chi connectivity index (χ0) is 13.8. The van der Waals surface area contributed by atoms with Gasteiger partial charge in [0, 0.05) is 18.2 Å². The Labute approximate surface area is 115 Å². The second kappa shape index (κ2) is 4.18. The Morgan fingerprint density at radius 3 is 2.84 bits per heavy atom. The number of hydrogen-bond donors (Lipinski definition) is 1. The predicted octanol–water partition coefficient (Wildman–Crippen LogP) is 0.0919. The van der Waals surface area contributed by atoms with Crippen LogP contribution < -0.4 is 5.73 Å². The van der Waals surface area contributed by atoms with Gasteiger partial charge in [-0.3, -0.25) is 14.4 Å². The molecule has 3 aliphatic rings. The van der Waals surface area contributed by atoms with Gasteiger partial charge in [0.05, 0.1) is 6.04 Å². The summed E-state index contributed by atoms with van der Waals surface area (Å²) in [4.78, 5) is 38.8. The number of β-lactam (4-membered cyclic amide) rings is 1. The average molecular weight is 280 g/mol. The first-order valence-corrected chi connectivity index (χ1v) is 7.40. The molecule has 0 radical (unpaired) electrons. The third kappa shape index (κ3) is 1.44. The van der Waals surface area contributed by atoms with Crippen molar-refractivity contribution < 1.29 is 14.4 Å². The first-order valence-electron chi connectivity index (χ1n) is 6.45. The van der Waals surface area contributed by atoms with Crippen LogP contribution in [0.4, 0.5) is 0 Å². The third-order valence-electron chi connectivity index (χ3n) is 4.28. The summed E-state index contributed by atoms with van der Waals surface area (Å²) in [5, 5.41) is -0.277. The zero-order valence-electron chi connectivity index (χ0n) is 10.5. The van der Waals surface area contributed by atoms with Crippen molar-refractivity contribution in [3.63, 3.8) is 0 Å². The lowest BCUT2D eigenvalue weighted by Gasteiger charge is -2.49. The first kappa shape index (κ1) is 12.9. The third-order valence-corrected chi connectivity index (χ3v) is 5.84. The van der Waals surface area contributed by atoms with Gasteiger partial charge < -0.3 is 10.6 Å². The van der Waals surface area contributed by atoms with Gasteiger partial charge in [0.2, 0.25) is 5.91 Å². The van der Waals surface area contributed by atoms with Crippen molar-refractivity contribution in [1.29, 1.82) is 0 Å². The van der Waals surface area contributed by atoms with E-state index in [1.54, 1.807) is 11.0 Å². The molecule has 102 valence electrons. The Balaban J connectivity index is 2.01. The molecule has 2 saturated heterocycles. The average Bonchev–Trinajstić information content (AvgIpc) is 2.74. The monoisotopic (exact) mass is 280 g/mol. The van der Waals surface area contributed by atoms with Crippen molar-refractivity contribution in [3.8, 4) is 0 Å². The van der Waals surface area contributed by atoms with Crippen molar-refractivity contribution in [2.45, 2.75) is 35.9 Å². The summed E-state index contributed by atoms with van der Waals surface area (Å²) in [7, 11) is 0. The number of amides is 1. The summed E-state index contributed by atoms with van der Waals surface area (Å²) in [6.45, 7) is 4.25.